The molecule has 2 aromatic rings. The fourth-order valence-corrected chi connectivity index (χ4v) is 1.54. The molecular formula is C8H3BrN2O. The fraction of sp³-hybridized carbons (Fsp3) is 0. The molecule has 0 N–H and O–H groups in total. The molecule has 0 unspecified atom stereocenters. The molecule has 2 rings (SSSR count). The van der Waals surface area contributed by atoms with Gasteiger partial charge in [-0.25, -0.2) is 4.98 Å². The summed E-state index contributed by atoms with van der Waals surface area (Å²) in [6.45, 7) is 0. The van der Waals surface area contributed by atoms with Crippen LogP contribution >= 0.6 is 15.9 Å². The largest absolute Gasteiger partial charge is 0.442 e. The molecule has 58 valence electrons. The summed E-state index contributed by atoms with van der Waals surface area (Å²) in [5.74, 6) is 0. The number of nitriles is 1. The first-order valence-electron chi connectivity index (χ1n) is 3.24. The van der Waals surface area contributed by atoms with E-state index in [1.165, 1.54) is 6.39 Å². The van der Waals surface area contributed by atoms with Crippen LogP contribution in [0.1, 0.15) is 5.56 Å². The number of oxazole rings is 1. The zero-order valence-corrected chi connectivity index (χ0v) is 7.50. The van der Waals surface area contributed by atoms with Crippen LogP contribution < -0.4 is 0 Å². The Balaban J connectivity index is 2.86. The molecule has 0 fully saturated rings. The molecule has 0 aliphatic heterocycles. The third kappa shape index (κ3) is 0.990. The summed E-state index contributed by atoms with van der Waals surface area (Å²) in [6.07, 6.45) is 1.36. The van der Waals surface area contributed by atoms with Gasteiger partial charge in [-0.2, -0.15) is 5.26 Å². The van der Waals surface area contributed by atoms with E-state index in [0.29, 0.717) is 16.7 Å². The van der Waals surface area contributed by atoms with Crippen molar-refractivity contribution in [1.29, 1.82) is 5.26 Å². The number of fused-ring (bicyclic) bond motifs is 1. The SMILES string of the molecule is N#Cc1cc(Br)c2ocnc2c1. The summed E-state index contributed by atoms with van der Waals surface area (Å²) in [4.78, 5) is 3.94. The van der Waals surface area contributed by atoms with Crippen molar-refractivity contribution in [2.45, 2.75) is 0 Å². The lowest BCUT2D eigenvalue weighted by Crippen LogP contribution is -1.75. The van der Waals surface area contributed by atoms with E-state index >= 15 is 0 Å². The number of hydrogen-bond donors (Lipinski definition) is 0. The molecule has 3 nitrogen and oxygen atoms in total. The summed E-state index contributed by atoms with van der Waals surface area (Å²) in [5.41, 5.74) is 1.94. The van der Waals surface area contributed by atoms with Gasteiger partial charge in [-0.3, -0.25) is 0 Å². The van der Waals surface area contributed by atoms with Crippen molar-refractivity contribution in [2.24, 2.45) is 0 Å². The van der Waals surface area contributed by atoms with Crippen LogP contribution in [0, 0.1) is 11.3 Å². The van der Waals surface area contributed by atoms with Crippen LogP contribution in [-0.2, 0) is 0 Å². The van der Waals surface area contributed by atoms with Gasteiger partial charge in [-0.05, 0) is 28.1 Å². The molecular weight excluding hydrogens is 220 g/mol. The minimum Gasteiger partial charge on any atom is -0.442 e. The van der Waals surface area contributed by atoms with E-state index in [1.807, 2.05) is 6.07 Å². The average Bonchev–Trinajstić information content (AvgIpc) is 2.52. The highest BCUT2D eigenvalue weighted by atomic mass is 79.9. The summed E-state index contributed by atoms with van der Waals surface area (Å²) in [5, 5.41) is 8.63. The molecule has 1 heterocycles. The molecule has 0 aliphatic carbocycles. The molecule has 0 radical (unpaired) electrons. The predicted octanol–water partition coefficient (Wildman–Crippen LogP) is 2.46. The lowest BCUT2D eigenvalue weighted by molar-refractivity contribution is 0.600. The normalized spacial score (nSPS) is 10.0. The van der Waals surface area contributed by atoms with E-state index in [0.717, 1.165) is 4.47 Å². The van der Waals surface area contributed by atoms with E-state index in [1.54, 1.807) is 12.1 Å². The highest BCUT2D eigenvalue weighted by Crippen LogP contribution is 2.24. The van der Waals surface area contributed by atoms with Gasteiger partial charge in [0.2, 0.25) is 0 Å². The molecule has 0 bridgehead atoms. The Bertz CT molecular complexity index is 469. The molecule has 0 atom stereocenters. The van der Waals surface area contributed by atoms with Gasteiger partial charge in [-0.15, -0.1) is 0 Å². The maximum Gasteiger partial charge on any atom is 0.182 e. The van der Waals surface area contributed by atoms with Gasteiger partial charge >= 0.3 is 0 Å². The van der Waals surface area contributed by atoms with Crippen molar-refractivity contribution in [3.8, 4) is 6.07 Å². The predicted molar refractivity (Wildman–Crippen MR) is 46.4 cm³/mol. The minimum absolute atomic E-state index is 0.572. The molecule has 0 saturated heterocycles. The van der Waals surface area contributed by atoms with Crippen molar-refractivity contribution in [1.82, 2.24) is 4.98 Å². The second kappa shape index (κ2) is 2.61. The van der Waals surface area contributed by atoms with Crippen LogP contribution in [-0.4, -0.2) is 4.98 Å². The Kier molecular flexibility index (Phi) is 1.59. The van der Waals surface area contributed by atoms with E-state index in [9.17, 15) is 0 Å². The lowest BCUT2D eigenvalue weighted by Gasteiger charge is -1.91. The van der Waals surface area contributed by atoms with Crippen molar-refractivity contribution < 1.29 is 4.42 Å². The van der Waals surface area contributed by atoms with Crippen LogP contribution in [0.4, 0.5) is 0 Å². The second-order valence-corrected chi connectivity index (χ2v) is 3.12. The minimum atomic E-state index is 0.572. The van der Waals surface area contributed by atoms with Crippen LogP contribution in [0.2, 0.25) is 0 Å². The molecule has 0 amide bonds. The van der Waals surface area contributed by atoms with E-state index in [4.69, 9.17) is 9.68 Å². The van der Waals surface area contributed by atoms with Crippen LogP contribution in [0.3, 0.4) is 0 Å². The van der Waals surface area contributed by atoms with Crippen LogP contribution in [0.25, 0.3) is 11.1 Å². The van der Waals surface area contributed by atoms with Gasteiger partial charge in [0.1, 0.15) is 5.52 Å². The maximum absolute atomic E-state index is 8.63. The Morgan fingerprint density at radius 1 is 1.50 bits per heavy atom. The summed E-state index contributed by atoms with van der Waals surface area (Å²) >= 11 is 3.28. The number of aromatic nitrogens is 1. The Hall–Kier alpha value is -1.34. The smallest absolute Gasteiger partial charge is 0.182 e. The van der Waals surface area contributed by atoms with Gasteiger partial charge in [0.15, 0.2) is 12.0 Å². The number of benzene rings is 1. The summed E-state index contributed by atoms with van der Waals surface area (Å²) in [7, 11) is 0. The number of rotatable bonds is 0. The molecule has 1 aromatic carbocycles. The highest BCUT2D eigenvalue weighted by molar-refractivity contribution is 9.10. The molecule has 12 heavy (non-hydrogen) atoms. The van der Waals surface area contributed by atoms with Gasteiger partial charge in [0, 0.05) is 0 Å². The van der Waals surface area contributed by atoms with Crippen molar-refractivity contribution in [2.75, 3.05) is 0 Å². The van der Waals surface area contributed by atoms with Crippen LogP contribution in [0.15, 0.2) is 27.4 Å². The summed E-state index contributed by atoms with van der Waals surface area (Å²) < 4.78 is 5.84. The monoisotopic (exact) mass is 222 g/mol. The molecule has 4 heteroatoms. The second-order valence-electron chi connectivity index (χ2n) is 2.27. The average molecular weight is 223 g/mol. The van der Waals surface area contributed by atoms with E-state index in [-0.39, 0.29) is 0 Å². The van der Waals surface area contributed by atoms with Gasteiger partial charge < -0.3 is 4.42 Å². The number of nitrogens with zero attached hydrogens (tertiary/aromatic N) is 2. The van der Waals surface area contributed by atoms with Crippen molar-refractivity contribution in [3.63, 3.8) is 0 Å². The molecule has 0 spiro atoms. The lowest BCUT2D eigenvalue weighted by atomic mass is 10.2. The first kappa shape index (κ1) is 7.32. The molecule has 0 saturated carbocycles. The number of halogens is 1. The summed E-state index contributed by atoms with van der Waals surface area (Å²) in [6, 6.07) is 5.42. The fourth-order valence-electron chi connectivity index (χ4n) is 0.992. The zero-order chi connectivity index (χ0) is 8.55. The Labute approximate surface area is 76.8 Å². The third-order valence-corrected chi connectivity index (χ3v) is 2.10. The topological polar surface area (TPSA) is 49.8 Å². The van der Waals surface area contributed by atoms with Crippen molar-refractivity contribution >= 4 is 27.0 Å². The Morgan fingerprint density at radius 2 is 2.33 bits per heavy atom. The maximum atomic E-state index is 8.63. The van der Waals surface area contributed by atoms with Gasteiger partial charge in [0.25, 0.3) is 0 Å². The quantitative estimate of drug-likeness (QED) is 0.689. The zero-order valence-electron chi connectivity index (χ0n) is 5.91. The Morgan fingerprint density at radius 3 is 3.08 bits per heavy atom. The highest BCUT2D eigenvalue weighted by Gasteiger charge is 2.04. The van der Waals surface area contributed by atoms with Crippen LogP contribution in [0.5, 0.6) is 0 Å². The number of hydrogen-bond acceptors (Lipinski definition) is 3. The molecule has 1 aromatic heterocycles. The third-order valence-electron chi connectivity index (χ3n) is 1.52. The standard InChI is InChI=1S/C8H3BrN2O/c9-6-1-5(3-10)2-7-8(6)12-4-11-7/h1-2,4H. The van der Waals surface area contributed by atoms with E-state index < -0.39 is 0 Å². The van der Waals surface area contributed by atoms with Crippen molar-refractivity contribution in [3.05, 3.63) is 28.6 Å². The molecule has 0 aliphatic rings. The first-order valence-corrected chi connectivity index (χ1v) is 4.03. The van der Waals surface area contributed by atoms with E-state index in [2.05, 4.69) is 20.9 Å². The van der Waals surface area contributed by atoms with Gasteiger partial charge in [-0.1, -0.05) is 0 Å². The van der Waals surface area contributed by atoms with Gasteiger partial charge in [0.05, 0.1) is 16.1 Å². The first-order chi connectivity index (χ1) is 5.81.